The van der Waals surface area contributed by atoms with Crippen molar-refractivity contribution in [1.82, 2.24) is 5.32 Å². The van der Waals surface area contributed by atoms with E-state index in [4.69, 9.17) is 4.42 Å². The topological polar surface area (TPSA) is 82.8 Å². The third-order valence-electron chi connectivity index (χ3n) is 4.49. The monoisotopic (exact) mass is 342 g/mol. The van der Waals surface area contributed by atoms with Crippen LogP contribution >= 0.6 is 0 Å². The Morgan fingerprint density at radius 2 is 2.04 bits per heavy atom. The lowest BCUT2D eigenvalue weighted by Crippen LogP contribution is -2.38. The molecule has 0 bridgehead atoms. The normalized spacial score (nSPS) is 14.8. The fraction of sp³-hybridized carbons (Fsp3) is 0.368. The Hall–Kier alpha value is -2.60. The minimum atomic E-state index is -0.320. The van der Waals surface area contributed by atoms with Gasteiger partial charge in [0.05, 0.1) is 17.5 Å². The van der Waals surface area contributed by atoms with Crippen molar-refractivity contribution in [2.24, 2.45) is 5.92 Å². The smallest absolute Gasteiger partial charge is 0.293 e. The van der Waals surface area contributed by atoms with Gasteiger partial charge in [0, 0.05) is 19.7 Å². The standard InChI is InChI=1S/C19H22N2O4/c1-21(19(24)17-7-4-12-25-17)16-6-3-2-5-14(16)18(23)20-15(10-11-22)13-8-9-13/h2-7,12-13,15,22H,8-11H2,1H3,(H,20,23). The second-order valence-electron chi connectivity index (χ2n) is 6.29. The number of carbonyl (C=O) groups excluding carboxylic acids is 2. The highest BCUT2D eigenvalue weighted by Crippen LogP contribution is 2.34. The van der Waals surface area contributed by atoms with E-state index >= 15 is 0 Å². The van der Waals surface area contributed by atoms with Gasteiger partial charge in [-0.05, 0) is 49.4 Å². The van der Waals surface area contributed by atoms with Crippen LogP contribution in [-0.4, -0.2) is 36.6 Å². The second kappa shape index (κ2) is 7.53. The summed E-state index contributed by atoms with van der Waals surface area (Å²) in [6.07, 6.45) is 4.13. The molecule has 1 fully saturated rings. The fourth-order valence-electron chi connectivity index (χ4n) is 2.94. The molecular formula is C19H22N2O4. The minimum Gasteiger partial charge on any atom is -0.459 e. The number of para-hydroxylation sites is 1. The number of benzene rings is 1. The van der Waals surface area contributed by atoms with E-state index in [0.29, 0.717) is 23.6 Å². The molecule has 3 rings (SSSR count). The van der Waals surface area contributed by atoms with Crippen molar-refractivity contribution in [3.8, 4) is 0 Å². The van der Waals surface area contributed by atoms with Gasteiger partial charge in [-0.25, -0.2) is 0 Å². The molecule has 1 atom stereocenters. The van der Waals surface area contributed by atoms with Gasteiger partial charge in [-0.3, -0.25) is 9.59 Å². The number of amides is 2. The Labute approximate surface area is 146 Å². The van der Waals surface area contributed by atoms with Gasteiger partial charge in [-0.15, -0.1) is 0 Å². The molecule has 6 nitrogen and oxygen atoms in total. The Balaban J connectivity index is 1.80. The highest BCUT2D eigenvalue weighted by Gasteiger charge is 2.32. The summed E-state index contributed by atoms with van der Waals surface area (Å²) in [6.45, 7) is 0.0416. The predicted molar refractivity (Wildman–Crippen MR) is 93.6 cm³/mol. The van der Waals surface area contributed by atoms with Gasteiger partial charge in [-0.2, -0.15) is 0 Å². The molecule has 6 heteroatoms. The van der Waals surface area contributed by atoms with Crippen molar-refractivity contribution in [1.29, 1.82) is 0 Å². The van der Waals surface area contributed by atoms with Gasteiger partial charge in [0.25, 0.3) is 11.8 Å². The Bertz CT molecular complexity index is 738. The Morgan fingerprint density at radius 3 is 2.68 bits per heavy atom. The number of aliphatic hydroxyl groups excluding tert-OH is 1. The molecule has 0 radical (unpaired) electrons. The zero-order valence-electron chi connectivity index (χ0n) is 14.1. The number of rotatable bonds is 7. The Kier molecular flexibility index (Phi) is 5.19. The van der Waals surface area contributed by atoms with Crippen molar-refractivity contribution in [2.45, 2.75) is 25.3 Å². The van der Waals surface area contributed by atoms with Crippen molar-refractivity contribution >= 4 is 17.5 Å². The molecule has 2 aromatic rings. The summed E-state index contributed by atoms with van der Waals surface area (Å²) in [6, 6.07) is 10.2. The molecule has 2 N–H and O–H groups in total. The van der Waals surface area contributed by atoms with E-state index in [1.54, 1.807) is 43.4 Å². The predicted octanol–water partition coefficient (Wildman–Crippen LogP) is 2.45. The maximum atomic E-state index is 12.7. The van der Waals surface area contributed by atoms with Crippen LogP contribution in [0.4, 0.5) is 5.69 Å². The quantitative estimate of drug-likeness (QED) is 0.810. The molecule has 0 aliphatic heterocycles. The SMILES string of the molecule is CN(C(=O)c1ccco1)c1ccccc1C(=O)NC(CCO)C1CC1. The number of anilines is 1. The lowest BCUT2D eigenvalue weighted by atomic mass is 10.1. The average Bonchev–Trinajstić information content (AvgIpc) is 3.34. The van der Waals surface area contributed by atoms with E-state index in [0.717, 1.165) is 12.8 Å². The summed E-state index contributed by atoms with van der Waals surface area (Å²) in [5.74, 6) is 0.0963. The summed E-state index contributed by atoms with van der Waals surface area (Å²) >= 11 is 0. The zero-order valence-corrected chi connectivity index (χ0v) is 14.1. The maximum absolute atomic E-state index is 12.7. The summed E-state index contributed by atoms with van der Waals surface area (Å²) in [5.41, 5.74) is 0.938. The lowest BCUT2D eigenvalue weighted by molar-refractivity contribution is 0.0924. The molecule has 1 unspecified atom stereocenters. The molecule has 132 valence electrons. The molecule has 1 saturated carbocycles. The van der Waals surface area contributed by atoms with Crippen LogP contribution in [0.3, 0.4) is 0 Å². The van der Waals surface area contributed by atoms with Crippen molar-refractivity contribution in [3.63, 3.8) is 0 Å². The van der Waals surface area contributed by atoms with Crippen LogP contribution in [0.15, 0.2) is 47.1 Å². The molecule has 1 heterocycles. The summed E-state index contributed by atoms with van der Waals surface area (Å²) < 4.78 is 5.15. The average molecular weight is 342 g/mol. The van der Waals surface area contributed by atoms with E-state index in [1.165, 1.54) is 11.2 Å². The van der Waals surface area contributed by atoms with E-state index in [2.05, 4.69) is 5.32 Å². The zero-order chi connectivity index (χ0) is 17.8. The van der Waals surface area contributed by atoms with Gasteiger partial charge in [0.1, 0.15) is 0 Å². The fourth-order valence-corrected chi connectivity index (χ4v) is 2.94. The number of nitrogens with one attached hydrogen (secondary N) is 1. The molecular weight excluding hydrogens is 320 g/mol. The van der Waals surface area contributed by atoms with Crippen LogP contribution in [0.2, 0.25) is 0 Å². The van der Waals surface area contributed by atoms with Crippen LogP contribution in [-0.2, 0) is 0 Å². The van der Waals surface area contributed by atoms with Crippen LogP contribution in [0.5, 0.6) is 0 Å². The molecule has 1 aliphatic carbocycles. The van der Waals surface area contributed by atoms with E-state index in [-0.39, 0.29) is 30.2 Å². The van der Waals surface area contributed by atoms with Crippen LogP contribution < -0.4 is 10.2 Å². The van der Waals surface area contributed by atoms with E-state index in [1.807, 2.05) is 0 Å². The minimum absolute atomic E-state index is 0.0309. The molecule has 0 saturated heterocycles. The lowest BCUT2D eigenvalue weighted by Gasteiger charge is -2.22. The number of aliphatic hydroxyl groups is 1. The largest absolute Gasteiger partial charge is 0.459 e. The number of carbonyl (C=O) groups is 2. The van der Waals surface area contributed by atoms with Gasteiger partial charge in [0.15, 0.2) is 5.76 Å². The first-order valence-electron chi connectivity index (χ1n) is 8.44. The van der Waals surface area contributed by atoms with Crippen molar-refractivity contribution < 1.29 is 19.1 Å². The van der Waals surface area contributed by atoms with Gasteiger partial charge in [-0.1, -0.05) is 12.1 Å². The first kappa shape index (κ1) is 17.2. The summed E-state index contributed by atoms with van der Waals surface area (Å²) in [7, 11) is 1.61. The maximum Gasteiger partial charge on any atom is 0.293 e. The highest BCUT2D eigenvalue weighted by atomic mass is 16.3. The van der Waals surface area contributed by atoms with E-state index < -0.39 is 0 Å². The molecule has 1 aromatic carbocycles. The highest BCUT2D eigenvalue weighted by molar-refractivity contribution is 6.09. The first-order valence-corrected chi connectivity index (χ1v) is 8.44. The van der Waals surface area contributed by atoms with Crippen LogP contribution in [0, 0.1) is 5.92 Å². The molecule has 1 aliphatic rings. The molecule has 25 heavy (non-hydrogen) atoms. The van der Waals surface area contributed by atoms with Crippen LogP contribution in [0.25, 0.3) is 0 Å². The first-order chi connectivity index (χ1) is 12.1. The third kappa shape index (κ3) is 3.91. The van der Waals surface area contributed by atoms with Crippen molar-refractivity contribution in [3.05, 3.63) is 54.0 Å². The molecule has 0 spiro atoms. The van der Waals surface area contributed by atoms with Gasteiger partial charge >= 0.3 is 0 Å². The molecule has 1 aromatic heterocycles. The van der Waals surface area contributed by atoms with Gasteiger partial charge < -0.3 is 19.7 Å². The van der Waals surface area contributed by atoms with Gasteiger partial charge in [0.2, 0.25) is 0 Å². The summed E-state index contributed by atoms with van der Waals surface area (Å²) in [4.78, 5) is 26.6. The second-order valence-corrected chi connectivity index (χ2v) is 6.29. The molecule has 2 amide bonds. The third-order valence-corrected chi connectivity index (χ3v) is 4.49. The van der Waals surface area contributed by atoms with E-state index in [9.17, 15) is 14.7 Å². The van der Waals surface area contributed by atoms with Crippen molar-refractivity contribution in [2.75, 3.05) is 18.6 Å². The number of furan rings is 1. The number of hydrogen-bond acceptors (Lipinski definition) is 4. The number of nitrogens with zero attached hydrogens (tertiary/aromatic N) is 1. The number of hydrogen-bond donors (Lipinski definition) is 2. The summed E-state index contributed by atoms with van der Waals surface area (Å²) in [5, 5.41) is 12.2. The Morgan fingerprint density at radius 1 is 1.28 bits per heavy atom. The van der Waals surface area contributed by atoms with Crippen LogP contribution in [0.1, 0.15) is 40.2 Å².